The lowest BCUT2D eigenvalue weighted by Crippen LogP contribution is -2.32. The van der Waals surface area contributed by atoms with Crippen LogP contribution in [0.5, 0.6) is 0 Å². The van der Waals surface area contributed by atoms with Crippen molar-refractivity contribution in [2.45, 2.75) is 65.3 Å². The summed E-state index contributed by atoms with van der Waals surface area (Å²) in [6, 6.07) is 11.0. The molecule has 1 heterocycles. The van der Waals surface area contributed by atoms with Crippen molar-refractivity contribution in [3.8, 4) is 0 Å². The van der Waals surface area contributed by atoms with Gasteiger partial charge in [0.15, 0.2) is 0 Å². The van der Waals surface area contributed by atoms with Crippen molar-refractivity contribution in [3.63, 3.8) is 0 Å². The van der Waals surface area contributed by atoms with Gasteiger partial charge in [0.2, 0.25) is 0 Å². The first-order valence-corrected chi connectivity index (χ1v) is 8.54. The van der Waals surface area contributed by atoms with Gasteiger partial charge in [-0.3, -0.25) is 4.90 Å². The Balaban J connectivity index is 1.91. The Bertz CT molecular complexity index is 478. The third kappa shape index (κ3) is 4.44. The highest BCUT2D eigenvalue weighted by Gasteiger charge is 2.38. The highest BCUT2D eigenvalue weighted by Crippen LogP contribution is 2.36. The Kier molecular flexibility index (Phi) is 6.22. The predicted molar refractivity (Wildman–Crippen MR) is 93.7 cm³/mol. The number of nitrogens with zero attached hydrogens (tertiary/aromatic N) is 1. The standard InChI is InChI=1S/C20H31NO/c1-15(2)10-9-11-16(3)14-19-21(5)17(4)20(22-19)18-12-7-6-8-13-18/h6-8,10,12-13,16-17,19-20H,9,11,14H2,1-5H3/t16-,17+,19+,20+/m1/s1. The van der Waals surface area contributed by atoms with Crippen LogP contribution in [0.2, 0.25) is 0 Å². The van der Waals surface area contributed by atoms with E-state index in [4.69, 9.17) is 4.74 Å². The summed E-state index contributed by atoms with van der Waals surface area (Å²) in [5, 5.41) is 0. The summed E-state index contributed by atoms with van der Waals surface area (Å²) < 4.78 is 6.38. The van der Waals surface area contributed by atoms with E-state index in [1.807, 2.05) is 0 Å². The number of allylic oxidation sites excluding steroid dienone is 2. The molecule has 0 aliphatic carbocycles. The van der Waals surface area contributed by atoms with Gasteiger partial charge < -0.3 is 4.74 Å². The third-order valence-corrected chi connectivity index (χ3v) is 4.78. The molecule has 0 saturated carbocycles. The molecule has 0 bridgehead atoms. The van der Waals surface area contributed by atoms with Crippen molar-refractivity contribution >= 4 is 0 Å². The first kappa shape index (κ1) is 17.2. The van der Waals surface area contributed by atoms with E-state index in [1.165, 1.54) is 24.0 Å². The second-order valence-electron chi connectivity index (χ2n) is 7.03. The number of hydrogen-bond acceptors (Lipinski definition) is 2. The van der Waals surface area contributed by atoms with Crippen molar-refractivity contribution in [2.75, 3.05) is 7.05 Å². The molecule has 22 heavy (non-hydrogen) atoms. The van der Waals surface area contributed by atoms with E-state index >= 15 is 0 Å². The number of ether oxygens (including phenoxy) is 1. The van der Waals surface area contributed by atoms with E-state index < -0.39 is 0 Å². The van der Waals surface area contributed by atoms with E-state index in [9.17, 15) is 0 Å². The number of benzene rings is 1. The van der Waals surface area contributed by atoms with Crippen LogP contribution in [0.4, 0.5) is 0 Å². The lowest BCUT2D eigenvalue weighted by atomic mass is 9.99. The summed E-state index contributed by atoms with van der Waals surface area (Å²) >= 11 is 0. The van der Waals surface area contributed by atoms with Gasteiger partial charge in [0, 0.05) is 6.04 Å². The van der Waals surface area contributed by atoms with Crippen LogP contribution in [-0.4, -0.2) is 24.2 Å². The molecule has 1 aromatic carbocycles. The summed E-state index contributed by atoms with van der Waals surface area (Å²) in [7, 11) is 2.20. The Morgan fingerprint density at radius 3 is 2.59 bits per heavy atom. The van der Waals surface area contributed by atoms with Gasteiger partial charge in [0.25, 0.3) is 0 Å². The number of rotatable bonds is 6. The fourth-order valence-corrected chi connectivity index (χ4v) is 3.19. The summed E-state index contributed by atoms with van der Waals surface area (Å²) in [6.45, 7) is 8.96. The van der Waals surface area contributed by atoms with Crippen LogP contribution in [0.25, 0.3) is 0 Å². The van der Waals surface area contributed by atoms with E-state index in [0.717, 1.165) is 6.42 Å². The largest absolute Gasteiger partial charge is 0.354 e. The van der Waals surface area contributed by atoms with Gasteiger partial charge in [-0.25, -0.2) is 0 Å². The maximum atomic E-state index is 6.38. The Labute approximate surface area is 136 Å². The maximum absolute atomic E-state index is 6.38. The quantitative estimate of drug-likeness (QED) is 0.671. The van der Waals surface area contributed by atoms with Gasteiger partial charge in [-0.05, 0) is 58.6 Å². The highest BCUT2D eigenvalue weighted by atomic mass is 16.5. The van der Waals surface area contributed by atoms with Crippen LogP contribution in [0, 0.1) is 5.92 Å². The van der Waals surface area contributed by atoms with Crippen LogP contribution in [0.3, 0.4) is 0 Å². The zero-order valence-corrected chi connectivity index (χ0v) is 14.8. The maximum Gasteiger partial charge on any atom is 0.111 e. The van der Waals surface area contributed by atoms with Gasteiger partial charge in [0.1, 0.15) is 6.23 Å². The molecule has 0 N–H and O–H groups in total. The normalized spacial score (nSPS) is 26.9. The number of hydrogen-bond donors (Lipinski definition) is 0. The molecule has 0 spiro atoms. The smallest absolute Gasteiger partial charge is 0.111 e. The van der Waals surface area contributed by atoms with Crippen LogP contribution >= 0.6 is 0 Å². The van der Waals surface area contributed by atoms with Crippen LogP contribution < -0.4 is 0 Å². The van der Waals surface area contributed by atoms with Crippen molar-refractivity contribution in [3.05, 3.63) is 47.5 Å². The van der Waals surface area contributed by atoms with Gasteiger partial charge in [0.05, 0.1) is 6.10 Å². The molecule has 0 amide bonds. The Morgan fingerprint density at radius 2 is 1.95 bits per heavy atom. The molecular formula is C20H31NO. The lowest BCUT2D eigenvalue weighted by molar-refractivity contribution is -0.00781. The molecule has 4 atom stereocenters. The SMILES string of the molecule is CC(C)=CCC[C@@H](C)C[C@@H]1O[C@H](c2ccccc2)[C@H](C)N1C. The second kappa shape index (κ2) is 7.94. The molecular weight excluding hydrogens is 270 g/mol. The third-order valence-electron chi connectivity index (χ3n) is 4.78. The molecule has 122 valence electrons. The summed E-state index contributed by atoms with van der Waals surface area (Å²) in [4.78, 5) is 2.40. The fourth-order valence-electron chi connectivity index (χ4n) is 3.19. The monoisotopic (exact) mass is 301 g/mol. The van der Waals surface area contributed by atoms with Crippen molar-refractivity contribution in [1.29, 1.82) is 0 Å². The first-order valence-electron chi connectivity index (χ1n) is 8.54. The molecule has 0 unspecified atom stereocenters. The fraction of sp³-hybridized carbons (Fsp3) is 0.600. The molecule has 0 radical (unpaired) electrons. The first-order chi connectivity index (χ1) is 10.5. The van der Waals surface area contributed by atoms with E-state index in [2.05, 4.69) is 76.1 Å². The molecule has 0 aromatic heterocycles. The van der Waals surface area contributed by atoms with Crippen LogP contribution in [0.15, 0.2) is 42.0 Å². The van der Waals surface area contributed by atoms with E-state index in [0.29, 0.717) is 12.0 Å². The van der Waals surface area contributed by atoms with Crippen molar-refractivity contribution < 1.29 is 4.74 Å². The minimum Gasteiger partial charge on any atom is -0.354 e. The summed E-state index contributed by atoms with van der Waals surface area (Å²) in [6.07, 6.45) is 6.30. The number of likely N-dealkylation sites (N-methyl/N-ethyl adjacent to an activating group) is 1. The van der Waals surface area contributed by atoms with Crippen molar-refractivity contribution in [2.24, 2.45) is 5.92 Å². The Morgan fingerprint density at radius 1 is 1.27 bits per heavy atom. The predicted octanol–water partition coefficient (Wildman–Crippen LogP) is 5.18. The topological polar surface area (TPSA) is 12.5 Å². The van der Waals surface area contributed by atoms with Crippen LogP contribution in [0.1, 0.15) is 58.6 Å². The average molecular weight is 301 g/mol. The minimum absolute atomic E-state index is 0.196. The molecule has 1 aliphatic rings. The minimum atomic E-state index is 0.196. The molecule has 1 aliphatic heterocycles. The molecule has 1 saturated heterocycles. The van der Waals surface area contributed by atoms with Crippen LogP contribution in [-0.2, 0) is 4.74 Å². The van der Waals surface area contributed by atoms with Gasteiger partial charge in [-0.15, -0.1) is 0 Å². The highest BCUT2D eigenvalue weighted by molar-refractivity contribution is 5.20. The zero-order chi connectivity index (χ0) is 16.1. The van der Waals surface area contributed by atoms with E-state index in [-0.39, 0.29) is 12.3 Å². The van der Waals surface area contributed by atoms with Gasteiger partial charge in [-0.2, -0.15) is 0 Å². The molecule has 1 fully saturated rings. The van der Waals surface area contributed by atoms with Crippen molar-refractivity contribution in [1.82, 2.24) is 4.90 Å². The molecule has 1 aromatic rings. The van der Waals surface area contributed by atoms with E-state index in [1.54, 1.807) is 0 Å². The summed E-state index contributed by atoms with van der Waals surface area (Å²) in [5.41, 5.74) is 2.71. The second-order valence-corrected chi connectivity index (χ2v) is 7.03. The zero-order valence-electron chi connectivity index (χ0n) is 14.8. The summed E-state index contributed by atoms with van der Waals surface area (Å²) in [5.74, 6) is 0.685. The van der Waals surface area contributed by atoms with Gasteiger partial charge >= 0.3 is 0 Å². The molecule has 2 nitrogen and oxygen atoms in total. The van der Waals surface area contributed by atoms with Gasteiger partial charge in [-0.1, -0.05) is 48.9 Å². The lowest BCUT2D eigenvalue weighted by Gasteiger charge is -2.23. The average Bonchev–Trinajstić information content (AvgIpc) is 2.76. The molecule has 2 rings (SSSR count). The molecule has 2 heteroatoms. The Hall–Kier alpha value is -1.12.